The molecule has 0 atom stereocenters. The molecule has 25 heavy (non-hydrogen) atoms. The minimum atomic E-state index is -3.51. The molecule has 0 saturated heterocycles. The van der Waals surface area contributed by atoms with Crippen molar-refractivity contribution in [1.29, 1.82) is 0 Å². The third-order valence-electron chi connectivity index (χ3n) is 3.92. The summed E-state index contributed by atoms with van der Waals surface area (Å²) in [5.74, 6) is -0.261. The predicted molar refractivity (Wildman–Crippen MR) is 100 cm³/mol. The molecule has 0 radical (unpaired) electrons. The summed E-state index contributed by atoms with van der Waals surface area (Å²) in [6.45, 7) is 6.25. The minimum Gasteiger partial charge on any atom is -0.211 e. The van der Waals surface area contributed by atoms with Crippen molar-refractivity contribution in [3.05, 3.63) is 71.6 Å². The normalized spacial score (nSPS) is 12.6. The molecular weight excluding hydrogens is 337 g/mol. The van der Waals surface area contributed by atoms with Crippen LogP contribution in [0.2, 0.25) is 0 Å². The molecule has 2 aromatic rings. The summed E-state index contributed by atoms with van der Waals surface area (Å²) in [6.07, 6.45) is 4.59. The van der Waals surface area contributed by atoms with Crippen LogP contribution in [-0.2, 0) is 10.0 Å². The van der Waals surface area contributed by atoms with Crippen molar-refractivity contribution in [2.75, 3.05) is 6.54 Å². The number of aryl methyl sites for hydroxylation is 1. The van der Waals surface area contributed by atoms with Gasteiger partial charge < -0.3 is 0 Å². The molecule has 0 aliphatic rings. The summed E-state index contributed by atoms with van der Waals surface area (Å²) in [6, 6.07) is 13.0. The summed E-state index contributed by atoms with van der Waals surface area (Å²) in [5.41, 5.74) is 1.69. The van der Waals surface area contributed by atoms with Crippen LogP contribution in [-0.4, -0.2) is 15.0 Å². The number of sulfonamides is 1. The van der Waals surface area contributed by atoms with Crippen molar-refractivity contribution >= 4 is 16.1 Å². The molecule has 0 spiro atoms. The highest BCUT2D eigenvalue weighted by Crippen LogP contribution is 2.22. The fourth-order valence-electron chi connectivity index (χ4n) is 2.25. The largest absolute Gasteiger partial charge is 0.240 e. The lowest BCUT2D eigenvalue weighted by Gasteiger charge is -2.23. The molecule has 0 aliphatic carbocycles. The number of hydrogen-bond acceptors (Lipinski definition) is 2. The van der Waals surface area contributed by atoms with Crippen molar-refractivity contribution in [3.8, 4) is 0 Å². The van der Waals surface area contributed by atoms with Gasteiger partial charge in [0.15, 0.2) is 0 Å². The Morgan fingerprint density at radius 2 is 1.64 bits per heavy atom. The monoisotopic (exact) mass is 361 g/mol. The van der Waals surface area contributed by atoms with Gasteiger partial charge in [0.2, 0.25) is 10.0 Å². The maximum atomic E-state index is 12.9. The average molecular weight is 361 g/mol. The number of nitrogens with one attached hydrogen (secondary N) is 1. The van der Waals surface area contributed by atoms with Crippen LogP contribution in [0.5, 0.6) is 0 Å². The van der Waals surface area contributed by atoms with Gasteiger partial charge in [0, 0.05) is 6.54 Å². The summed E-state index contributed by atoms with van der Waals surface area (Å²) in [5, 5.41) is 0. The molecule has 2 aromatic carbocycles. The predicted octanol–water partition coefficient (Wildman–Crippen LogP) is 4.54. The van der Waals surface area contributed by atoms with E-state index in [1.165, 1.54) is 12.1 Å². The summed E-state index contributed by atoms with van der Waals surface area (Å²) in [7, 11) is -3.51. The van der Waals surface area contributed by atoms with Gasteiger partial charge in [0.1, 0.15) is 5.82 Å². The molecule has 5 heteroatoms. The van der Waals surface area contributed by atoms with E-state index in [2.05, 4.69) is 4.72 Å². The fourth-order valence-corrected chi connectivity index (χ4v) is 3.49. The summed E-state index contributed by atoms with van der Waals surface area (Å²) >= 11 is 0. The third-order valence-corrected chi connectivity index (χ3v) is 5.34. The number of benzene rings is 2. The SMILES string of the molecule is Cc1ccc(S(=O)(=O)NCC(C)(C)C/C=C/c2ccc(F)cc2)cc1. The average Bonchev–Trinajstić information content (AvgIpc) is 2.55. The van der Waals surface area contributed by atoms with E-state index >= 15 is 0 Å². The van der Waals surface area contributed by atoms with Crippen LogP contribution in [0.25, 0.3) is 6.08 Å². The van der Waals surface area contributed by atoms with Crippen LogP contribution in [0.4, 0.5) is 4.39 Å². The van der Waals surface area contributed by atoms with E-state index < -0.39 is 10.0 Å². The maximum Gasteiger partial charge on any atom is 0.240 e. The molecule has 0 amide bonds. The second kappa shape index (κ2) is 7.93. The van der Waals surface area contributed by atoms with Crippen LogP contribution >= 0.6 is 0 Å². The Labute approximate surface area is 149 Å². The highest BCUT2D eigenvalue weighted by atomic mass is 32.2. The van der Waals surface area contributed by atoms with Gasteiger partial charge in [-0.05, 0) is 48.6 Å². The second-order valence-corrected chi connectivity index (χ2v) is 8.73. The first-order valence-corrected chi connectivity index (χ1v) is 9.65. The van der Waals surface area contributed by atoms with Crippen LogP contribution in [0, 0.1) is 18.2 Å². The Hall–Kier alpha value is -1.98. The van der Waals surface area contributed by atoms with Crippen LogP contribution in [0.1, 0.15) is 31.4 Å². The lowest BCUT2D eigenvalue weighted by Crippen LogP contribution is -2.33. The highest BCUT2D eigenvalue weighted by Gasteiger charge is 2.21. The molecular formula is C20H24FNO2S. The molecule has 0 saturated carbocycles. The van der Waals surface area contributed by atoms with Gasteiger partial charge in [-0.25, -0.2) is 17.5 Å². The first-order chi connectivity index (χ1) is 11.7. The van der Waals surface area contributed by atoms with Gasteiger partial charge in [-0.1, -0.05) is 55.8 Å². The zero-order chi connectivity index (χ0) is 18.5. The standard InChI is InChI=1S/C20H24FNO2S/c1-16-6-12-19(13-7-16)25(23,24)22-15-20(2,3)14-4-5-17-8-10-18(21)11-9-17/h4-13,22H,14-15H2,1-3H3/b5-4+. The van der Waals surface area contributed by atoms with E-state index in [4.69, 9.17) is 0 Å². The second-order valence-electron chi connectivity index (χ2n) is 6.96. The van der Waals surface area contributed by atoms with Gasteiger partial charge in [0.05, 0.1) is 4.90 Å². The van der Waals surface area contributed by atoms with Crippen molar-refractivity contribution in [2.24, 2.45) is 5.41 Å². The first-order valence-electron chi connectivity index (χ1n) is 8.16. The Morgan fingerprint density at radius 3 is 2.24 bits per heavy atom. The molecule has 0 aromatic heterocycles. The number of rotatable bonds is 7. The van der Waals surface area contributed by atoms with E-state index in [0.29, 0.717) is 13.0 Å². The summed E-state index contributed by atoms with van der Waals surface area (Å²) in [4.78, 5) is 0.274. The fraction of sp³-hybridized carbons (Fsp3) is 0.300. The minimum absolute atomic E-state index is 0.242. The summed E-state index contributed by atoms with van der Waals surface area (Å²) < 4.78 is 40.3. The lowest BCUT2D eigenvalue weighted by atomic mass is 9.89. The number of allylic oxidation sites excluding steroid dienone is 1. The highest BCUT2D eigenvalue weighted by molar-refractivity contribution is 7.89. The van der Waals surface area contributed by atoms with E-state index in [0.717, 1.165) is 11.1 Å². The van der Waals surface area contributed by atoms with Crippen LogP contribution in [0.3, 0.4) is 0 Å². The zero-order valence-electron chi connectivity index (χ0n) is 14.8. The van der Waals surface area contributed by atoms with Crippen molar-refractivity contribution in [1.82, 2.24) is 4.72 Å². The Morgan fingerprint density at radius 1 is 1.04 bits per heavy atom. The molecule has 1 N–H and O–H groups in total. The van der Waals surface area contributed by atoms with E-state index in [1.807, 2.05) is 32.9 Å². The van der Waals surface area contributed by atoms with Crippen LogP contribution in [0.15, 0.2) is 59.5 Å². The van der Waals surface area contributed by atoms with E-state index in [-0.39, 0.29) is 16.1 Å². The molecule has 0 aliphatic heterocycles. The lowest BCUT2D eigenvalue weighted by molar-refractivity contribution is 0.369. The molecule has 0 unspecified atom stereocenters. The van der Waals surface area contributed by atoms with Crippen molar-refractivity contribution in [3.63, 3.8) is 0 Å². The molecule has 0 fully saturated rings. The first kappa shape index (κ1) is 19.3. The third kappa shape index (κ3) is 6.11. The van der Waals surface area contributed by atoms with Crippen molar-refractivity contribution < 1.29 is 12.8 Å². The van der Waals surface area contributed by atoms with Gasteiger partial charge in [-0.15, -0.1) is 0 Å². The number of halogens is 1. The number of hydrogen-bond donors (Lipinski definition) is 1. The Kier molecular flexibility index (Phi) is 6.14. The van der Waals surface area contributed by atoms with Crippen molar-refractivity contribution in [2.45, 2.75) is 32.1 Å². The smallest absolute Gasteiger partial charge is 0.211 e. The van der Waals surface area contributed by atoms with Gasteiger partial charge in [0.25, 0.3) is 0 Å². The topological polar surface area (TPSA) is 46.2 Å². The maximum absolute atomic E-state index is 12.9. The van der Waals surface area contributed by atoms with Crippen LogP contribution < -0.4 is 4.72 Å². The quantitative estimate of drug-likeness (QED) is 0.787. The Bertz CT molecular complexity index is 823. The van der Waals surface area contributed by atoms with E-state index in [1.54, 1.807) is 36.4 Å². The Balaban J connectivity index is 1.94. The van der Waals surface area contributed by atoms with E-state index in [9.17, 15) is 12.8 Å². The molecule has 3 nitrogen and oxygen atoms in total. The molecule has 2 rings (SSSR count). The molecule has 134 valence electrons. The van der Waals surface area contributed by atoms with Gasteiger partial charge in [-0.2, -0.15) is 0 Å². The van der Waals surface area contributed by atoms with Gasteiger partial charge in [-0.3, -0.25) is 0 Å². The molecule has 0 bridgehead atoms. The zero-order valence-corrected chi connectivity index (χ0v) is 15.6. The van der Waals surface area contributed by atoms with Gasteiger partial charge >= 0.3 is 0 Å². The molecule has 0 heterocycles.